The van der Waals surface area contributed by atoms with Crippen LogP contribution < -0.4 is 0 Å². The summed E-state index contributed by atoms with van der Waals surface area (Å²) < 4.78 is 5.23. The molecule has 2 fully saturated rings. The SMILES string of the molecule is C1CC2CCN2CO1. The van der Waals surface area contributed by atoms with Crippen LogP contribution in [0.5, 0.6) is 0 Å². The Hall–Kier alpha value is -0.0800. The Bertz CT molecular complexity index is 82.5. The number of hydrogen-bond donors (Lipinski definition) is 0. The van der Waals surface area contributed by atoms with Gasteiger partial charge in [-0.2, -0.15) is 0 Å². The van der Waals surface area contributed by atoms with Crippen LogP contribution in [-0.4, -0.2) is 30.8 Å². The first kappa shape index (κ1) is 4.77. The van der Waals surface area contributed by atoms with Crippen molar-refractivity contribution in [1.29, 1.82) is 0 Å². The van der Waals surface area contributed by atoms with Crippen molar-refractivity contribution in [2.24, 2.45) is 0 Å². The van der Waals surface area contributed by atoms with E-state index in [1.807, 2.05) is 0 Å². The van der Waals surface area contributed by atoms with E-state index >= 15 is 0 Å². The lowest BCUT2D eigenvalue weighted by Crippen LogP contribution is -2.52. The minimum Gasteiger partial charge on any atom is -0.366 e. The van der Waals surface area contributed by atoms with Crippen molar-refractivity contribution >= 4 is 0 Å². The van der Waals surface area contributed by atoms with Gasteiger partial charge in [0.25, 0.3) is 0 Å². The van der Waals surface area contributed by atoms with Gasteiger partial charge in [-0.3, -0.25) is 4.90 Å². The fourth-order valence-electron chi connectivity index (χ4n) is 1.39. The average molecular weight is 113 g/mol. The molecule has 46 valence electrons. The molecule has 2 nitrogen and oxygen atoms in total. The molecular formula is C6H11NO. The summed E-state index contributed by atoms with van der Waals surface area (Å²) in [6.45, 7) is 3.15. The third-order valence-electron chi connectivity index (χ3n) is 2.12. The Labute approximate surface area is 49.4 Å². The van der Waals surface area contributed by atoms with E-state index in [1.54, 1.807) is 0 Å². The molecule has 2 heteroatoms. The lowest BCUT2D eigenvalue weighted by molar-refractivity contribution is -0.0927. The van der Waals surface area contributed by atoms with Crippen LogP contribution in [0.2, 0.25) is 0 Å². The largest absolute Gasteiger partial charge is 0.366 e. The van der Waals surface area contributed by atoms with Crippen molar-refractivity contribution in [2.75, 3.05) is 19.9 Å². The van der Waals surface area contributed by atoms with Crippen LogP contribution in [0, 0.1) is 0 Å². The van der Waals surface area contributed by atoms with Gasteiger partial charge in [-0.15, -0.1) is 0 Å². The van der Waals surface area contributed by atoms with Gasteiger partial charge in [0.1, 0.15) is 0 Å². The topological polar surface area (TPSA) is 12.5 Å². The summed E-state index contributed by atoms with van der Waals surface area (Å²) in [5.41, 5.74) is 0. The standard InChI is InChI=1S/C6H11NO/c1-3-7-5-8-4-2-6(1)7/h6H,1-5H2. The second-order valence-electron chi connectivity index (χ2n) is 2.58. The molecule has 0 aromatic heterocycles. The van der Waals surface area contributed by atoms with Crippen LogP contribution in [0.4, 0.5) is 0 Å². The molecule has 1 unspecified atom stereocenters. The van der Waals surface area contributed by atoms with Crippen molar-refractivity contribution in [3.05, 3.63) is 0 Å². The highest BCUT2D eigenvalue weighted by Gasteiger charge is 2.29. The molecule has 0 amide bonds. The number of hydrogen-bond acceptors (Lipinski definition) is 2. The Kier molecular flexibility index (Phi) is 1.02. The molecule has 1 atom stereocenters. The van der Waals surface area contributed by atoms with E-state index in [2.05, 4.69) is 4.90 Å². The lowest BCUT2D eigenvalue weighted by atomic mass is 10.0. The Balaban J connectivity index is 1.92. The van der Waals surface area contributed by atoms with E-state index in [0.29, 0.717) is 0 Å². The molecule has 8 heavy (non-hydrogen) atoms. The molecule has 2 saturated heterocycles. The van der Waals surface area contributed by atoms with Crippen molar-refractivity contribution in [3.63, 3.8) is 0 Å². The summed E-state index contributed by atoms with van der Waals surface area (Å²) in [5.74, 6) is 0. The quantitative estimate of drug-likeness (QED) is 0.452. The summed E-state index contributed by atoms with van der Waals surface area (Å²) in [5, 5.41) is 0. The maximum Gasteiger partial charge on any atom is 0.0992 e. The maximum absolute atomic E-state index is 5.23. The van der Waals surface area contributed by atoms with Crippen LogP contribution in [-0.2, 0) is 4.74 Å². The average Bonchev–Trinajstić information content (AvgIpc) is 1.72. The predicted molar refractivity (Wildman–Crippen MR) is 30.5 cm³/mol. The summed E-state index contributed by atoms with van der Waals surface area (Å²) in [7, 11) is 0. The van der Waals surface area contributed by atoms with E-state index in [1.165, 1.54) is 19.4 Å². The molecule has 0 N–H and O–H groups in total. The molecule has 2 rings (SSSR count). The van der Waals surface area contributed by atoms with E-state index in [4.69, 9.17) is 4.74 Å². The Morgan fingerprint density at radius 2 is 2.38 bits per heavy atom. The highest BCUT2D eigenvalue weighted by molar-refractivity contribution is 4.82. The Morgan fingerprint density at radius 1 is 1.38 bits per heavy atom. The lowest BCUT2D eigenvalue weighted by Gasteiger charge is -2.43. The summed E-state index contributed by atoms with van der Waals surface area (Å²) >= 11 is 0. The summed E-state index contributed by atoms with van der Waals surface area (Å²) in [4.78, 5) is 2.39. The van der Waals surface area contributed by atoms with Crippen LogP contribution in [0.25, 0.3) is 0 Å². The molecule has 0 aliphatic carbocycles. The minimum absolute atomic E-state index is 0.892. The second kappa shape index (κ2) is 1.71. The molecule has 0 aromatic rings. The zero-order chi connectivity index (χ0) is 5.40. The Morgan fingerprint density at radius 3 is 2.75 bits per heavy atom. The third-order valence-corrected chi connectivity index (χ3v) is 2.12. The van der Waals surface area contributed by atoms with Gasteiger partial charge in [-0.1, -0.05) is 0 Å². The van der Waals surface area contributed by atoms with Crippen LogP contribution in [0.1, 0.15) is 12.8 Å². The second-order valence-corrected chi connectivity index (χ2v) is 2.58. The zero-order valence-corrected chi connectivity index (χ0v) is 4.97. The molecule has 0 spiro atoms. The first-order valence-electron chi connectivity index (χ1n) is 3.28. The van der Waals surface area contributed by atoms with Crippen molar-refractivity contribution in [2.45, 2.75) is 18.9 Å². The van der Waals surface area contributed by atoms with Gasteiger partial charge in [0, 0.05) is 19.2 Å². The van der Waals surface area contributed by atoms with Gasteiger partial charge in [-0.05, 0) is 12.8 Å². The fourth-order valence-corrected chi connectivity index (χ4v) is 1.39. The van der Waals surface area contributed by atoms with Gasteiger partial charge in [0.05, 0.1) is 6.73 Å². The van der Waals surface area contributed by atoms with E-state index in [9.17, 15) is 0 Å². The molecule has 2 heterocycles. The minimum atomic E-state index is 0.892. The number of nitrogens with zero attached hydrogens (tertiary/aromatic N) is 1. The van der Waals surface area contributed by atoms with E-state index in [-0.39, 0.29) is 0 Å². The molecule has 2 aliphatic rings. The zero-order valence-electron chi connectivity index (χ0n) is 4.97. The normalized spacial score (nSPS) is 38.2. The smallest absolute Gasteiger partial charge is 0.0992 e. The van der Waals surface area contributed by atoms with Crippen molar-refractivity contribution < 1.29 is 4.74 Å². The molecular weight excluding hydrogens is 102 g/mol. The summed E-state index contributed by atoms with van der Waals surface area (Å²) in [6, 6.07) is 0.892. The van der Waals surface area contributed by atoms with E-state index < -0.39 is 0 Å². The highest BCUT2D eigenvalue weighted by atomic mass is 16.5. The van der Waals surface area contributed by atoms with Gasteiger partial charge in [-0.25, -0.2) is 0 Å². The fraction of sp³-hybridized carbons (Fsp3) is 1.00. The molecule has 0 saturated carbocycles. The third kappa shape index (κ3) is 0.565. The van der Waals surface area contributed by atoms with Crippen LogP contribution >= 0.6 is 0 Å². The van der Waals surface area contributed by atoms with Gasteiger partial charge in [0.15, 0.2) is 0 Å². The van der Waals surface area contributed by atoms with E-state index in [0.717, 1.165) is 19.4 Å². The van der Waals surface area contributed by atoms with Crippen LogP contribution in [0.15, 0.2) is 0 Å². The van der Waals surface area contributed by atoms with Gasteiger partial charge < -0.3 is 4.74 Å². The van der Waals surface area contributed by atoms with Gasteiger partial charge >= 0.3 is 0 Å². The molecule has 2 aliphatic heterocycles. The number of fused-ring (bicyclic) bond motifs is 1. The molecule has 0 aromatic carbocycles. The highest BCUT2D eigenvalue weighted by Crippen LogP contribution is 2.22. The summed E-state index contributed by atoms with van der Waals surface area (Å²) in [6.07, 6.45) is 2.67. The van der Waals surface area contributed by atoms with Gasteiger partial charge in [0.2, 0.25) is 0 Å². The first-order chi connectivity index (χ1) is 3.97. The predicted octanol–water partition coefficient (Wildman–Crippen LogP) is 0.439. The molecule has 0 radical (unpaired) electrons. The number of rotatable bonds is 0. The monoisotopic (exact) mass is 113 g/mol. The van der Waals surface area contributed by atoms with Crippen molar-refractivity contribution in [3.8, 4) is 0 Å². The number of ether oxygens (including phenoxy) is 1. The maximum atomic E-state index is 5.23. The van der Waals surface area contributed by atoms with Crippen molar-refractivity contribution in [1.82, 2.24) is 4.90 Å². The van der Waals surface area contributed by atoms with Crippen LogP contribution in [0.3, 0.4) is 0 Å². The first-order valence-corrected chi connectivity index (χ1v) is 3.28. The molecule has 0 bridgehead atoms.